The van der Waals surface area contributed by atoms with Gasteiger partial charge in [-0.15, -0.1) is 11.3 Å². The summed E-state index contributed by atoms with van der Waals surface area (Å²) in [6.45, 7) is 7.05. The predicted molar refractivity (Wildman–Crippen MR) is 103 cm³/mol. The van der Waals surface area contributed by atoms with Gasteiger partial charge in [0.05, 0.1) is 11.2 Å². The van der Waals surface area contributed by atoms with Crippen LogP contribution in [0.3, 0.4) is 0 Å². The number of carbonyl (C=O) groups is 1. The van der Waals surface area contributed by atoms with Crippen LogP contribution in [0.5, 0.6) is 0 Å². The summed E-state index contributed by atoms with van der Waals surface area (Å²) < 4.78 is 0. The molecule has 1 amide bonds. The number of pyridine rings is 1. The zero-order valence-electron chi connectivity index (χ0n) is 15.3. The van der Waals surface area contributed by atoms with Crippen LogP contribution in [0.4, 0.5) is 0 Å². The summed E-state index contributed by atoms with van der Waals surface area (Å²) in [5, 5.41) is 0. The van der Waals surface area contributed by atoms with E-state index in [1.54, 1.807) is 5.51 Å². The number of aromatic nitrogens is 2. The molecule has 5 nitrogen and oxygen atoms in total. The van der Waals surface area contributed by atoms with Gasteiger partial charge in [0.2, 0.25) is 0 Å². The van der Waals surface area contributed by atoms with Crippen LogP contribution >= 0.6 is 11.3 Å². The molecule has 1 atom stereocenters. The Morgan fingerprint density at radius 1 is 1.23 bits per heavy atom. The third kappa shape index (κ3) is 3.81. The number of aryl methyl sites for hydroxylation is 1. The SMILES string of the molecule is Cc1ncsc1C(=O)N1CC[C@@H](C2CCN(Cc3cccnc3)CC2)C1. The van der Waals surface area contributed by atoms with Crippen molar-refractivity contribution in [3.05, 3.63) is 46.2 Å². The van der Waals surface area contributed by atoms with E-state index in [2.05, 4.69) is 20.9 Å². The topological polar surface area (TPSA) is 49.3 Å². The summed E-state index contributed by atoms with van der Waals surface area (Å²) in [7, 11) is 0. The molecule has 2 aromatic heterocycles. The number of amides is 1. The molecule has 0 aromatic carbocycles. The van der Waals surface area contributed by atoms with Crippen LogP contribution in [0.2, 0.25) is 0 Å². The highest BCUT2D eigenvalue weighted by Crippen LogP contribution is 2.33. The zero-order valence-corrected chi connectivity index (χ0v) is 16.1. The lowest BCUT2D eigenvalue weighted by molar-refractivity contribution is 0.0776. The summed E-state index contributed by atoms with van der Waals surface area (Å²) >= 11 is 1.47. The maximum Gasteiger partial charge on any atom is 0.265 e. The van der Waals surface area contributed by atoms with Gasteiger partial charge in [-0.25, -0.2) is 4.98 Å². The number of nitrogens with zero attached hydrogens (tertiary/aromatic N) is 4. The average molecular weight is 371 g/mol. The Kier molecular flexibility index (Phi) is 5.31. The quantitative estimate of drug-likeness (QED) is 0.829. The largest absolute Gasteiger partial charge is 0.338 e. The van der Waals surface area contributed by atoms with E-state index in [1.807, 2.05) is 30.3 Å². The van der Waals surface area contributed by atoms with Crippen LogP contribution in [0.1, 0.15) is 40.2 Å². The molecule has 0 N–H and O–H groups in total. The van der Waals surface area contributed by atoms with Gasteiger partial charge in [-0.3, -0.25) is 14.7 Å². The summed E-state index contributed by atoms with van der Waals surface area (Å²) in [6.07, 6.45) is 7.43. The number of piperidine rings is 1. The minimum absolute atomic E-state index is 0.182. The van der Waals surface area contributed by atoms with Crippen LogP contribution in [-0.4, -0.2) is 51.9 Å². The first kappa shape index (κ1) is 17.6. The van der Waals surface area contributed by atoms with E-state index in [1.165, 1.54) is 29.7 Å². The van der Waals surface area contributed by atoms with E-state index in [0.717, 1.165) is 55.6 Å². The van der Waals surface area contributed by atoms with Crippen molar-refractivity contribution in [1.29, 1.82) is 0 Å². The van der Waals surface area contributed by atoms with E-state index in [4.69, 9.17) is 0 Å². The number of hydrogen-bond donors (Lipinski definition) is 0. The first-order valence-corrected chi connectivity index (χ1v) is 10.4. The van der Waals surface area contributed by atoms with Gasteiger partial charge in [-0.1, -0.05) is 6.07 Å². The summed E-state index contributed by atoms with van der Waals surface area (Å²) in [5.74, 6) is 1.59. The molecule has 6 heteroatoms. The second kappa shape index (κ2) is 7.84. The molecule has 0 aliphatic carbocycles. The minimum atomic E-state index is 0.182. The Hall–Kier alpha value is -1.79. The lowest BCUT2D eigenvalue weighted by atomic mass is 9.83. The maximum atomic E-state index is 12.7. The third-order valence-electron chi connectivity index (χ3n) is 5.88. The van der Waals surface area contributed by atoms with Crippen molar-refractivity contribution >= 4 is 17.2 Å². The van der Waals surface area contributed by atoms with Crippen molar-refractivity contribution in [1.82, 2.24) is 19.8 Å². The molecule has 2 aromatic rings. The Bertz CT molecular complexity index is 739. The number of hydrogen-bond acceptors (Lipinski definition) is 5. The van der Waals surface area contributed by atoms with Crippen LogP contribution in [0, 0.1) is 18.8 Å². The van der Waals surface area contributed by atoms with Gasteiger partial charge in [0.15, 0.2) is 0 Å². The number of rotatable bonds is 4. The molecular weight excluding hydrogens is 344 g/mol. The van der Waals surface area contributed by atoms with Gasteiger partial charge >= 0.3 is 0 Å². The molecule has 4 rings (SSSR count). The van der Waals surface area contributed by atoms with Crippen LogP contribution in [0.25, 0.3) is 0 Å². The number of carbonyl (C=O) groups excluding carboxylic acids is 1. The Morgan fingerprint density at radius 3 is 2.73 bits per heavy atom. The van der Waals surface area contributed by atoms with E-state index >= 15 is 0 Å². The Balaban J connectivity index is 1.28. The van der Waals surface area contributed by atoms with E-state index in [0.29, 0.717) is 5.92 Å². The monoisotopic (exact) mass is 370 g/mol. The van der Waals surface area contributed by atoms with Gasteiger partial charge in [0.25, 0.3) is 5.91 Å². The molecule has 138 valence electrons. The van der Waals surface area contributed by atoms with Gasteiger partial charge in [0.1, 0.15) is 4.88 Å². The smallest absolute Gasteiger partial charge is 0.265 e. The van der Waals surface area contributed by atoms with Crippen LogP contribution in [0.15, 0.2) is 30.0 Å². The van der Waals surface area contributed by atoms with Gasteiger partial charge in [0, 0.05) is 32.0 Å². The summed E-state index contributed by atoms with van der Waals surface area (Å²) in [4.78, 5) is 26.5. The molecule has 0 radical (unpaired) electrons. The van der Waals surface area contributed by atoms with E-state index in [-0.39, 0.29) is 5.91 Å². The summed E-state index contributed by atoms with van der Waals surface area (Å²) in [6, 6.07) is 4.16. The predicted octanol–water partition coefficient (Wildman–Crippen LogP) is 3.22. The maximum absolute atomic E-state index is 12.7. The second-order valence-electron chi connectivity index (χ2n) is 7.54. The summed E-state index contributed by atoms with van der Waals surface area (Å²) in [5.41, 5.74) is 3.93. The lowest BCUT2D eigenvalue weighted by Crippen LogP contribution is -2.37. The van der Waals surface area contributed by atoms with E-state index < -0.39 is 0 Å². The molecule has 0 saturated carbocycles. The van der Waals surface area contributed by atoms with E-state index in [9.17, 15) is 4.79 Å². The molecule has 2 aliphatic heterocycles. The average Bonchev–Trinajstić information content (AvgIpc) is 3.32. The highest BCUT2D eigenvalue weighted by atomic mass is 32.1. The lowest BCUT2D eigenvalue weighted by Gasteiger charge is -2.34. The fourth-order valence-corrected chi connectivity index (χ4v) is 5.11. The van der Waals surface area contributed by atoms with Crippen molar-refractivity contribution < 1.29 is 4.79 Å². The molecule has 2 saturated heterocycles. The number of likely N-dealkylation sites (tertiary alicyclic amines) is 2. The van der Waals surface area contributed by atoms with Gasteiger partial charge in [-0.2, -0.15) is 0 Å². The fourth-order valence-electron chi connectivity index (χ4n) is 4.34. The molecule has 4 heterocycles. The molecule has 2 aliphatic rings. The molecule has 0 spiro atoms. The fraction of sp³-hybridized carbons (Fsp3) is 0.550. The molecule has 26 heavy (non-hydrogen) atoms. The van der Waals surface area contributed by atoms with Crippen LogP contribution in [-0.2, 0) is 6.54 Å². The Morgan fingerprint density at radius 2 is 2.04 bits per heavy atom. The van der Waals surface area contributed by atoms with Gasteiger partial charge < -0.3 is 4.90 Å². The normalized spacial score (nSPS) is 22.0. The van der Waals surface area contributed by atoms with Crippen molar-refractivity contribution in [3.63, 3.8) is 0 Å². The third-order valence-corrected chi connectivity index (χ3v) is 6.80. The highest BCUT2D eigenvalue weighted by Gasteiger charge is 2.34. The molecule has 0 bridgehead atoms. The molecular formula is C20H26N4OS. The number of thiazole rings is 1. The van der Waals surface area contributed by atoms with Crippen LogP contribution < -0.4 is 0 Å². The Labute approximate surface area is 159 Å². The zero-order chi connectivity index (χ0) is 17.9. The standard InChI is InChI=1S/C20H26N4OS/c1-15-19(26-14-22-15)20(25)24-10-6-18(13-24)17-4-8-23(9-5-17)12-16-3-2-7-21-11-16/h2-3,7,11,14,17-18H,4-6,8-10,12-13H2,1H3/t18-/m1/s1. The molecule has 2 fully saturated rings. The van der Waals surface area contributed by atoms with Gasteiger partial charge in [-0.05, 0) is 62.7 Å². The first-order valence-electron chi connectivity index (χ1n) is 9.51. The van der Waals surface area contributed by atoms with Crippen molar-refractivity contribution in [2.75, 3.05) is 26.2 Å². The first-order chi connectivity index (χ1) is 12.7. The minimum Gasteiger partial charge on any atom is -0.338 e. The van der Waals surface area contributed by atoms with Crippen molar-refractivity contribution in [2.24, 2.45) is 11.8 Å². The van der Waals surface area contributed by atoms with Crippen molar-refractivity contribution in [3.8, 4) is 0 Å². The second-order valence-corrected chi connectivity index (χ2v) is 8.40. The molecule has 0 unspecified atom stereocenters. The highest BCUT2D eigenvalue weighted by molar-refractivity contribution is 7.11. The van der Waals surface area contributed by atoms with Crippen molar-refractivity contribution in [2.45, 2.75) is 32.7 Å².